The van der Waals surface area contributed by atoms with Crippen molar-refractivity contribution in [3.8, 4) is 5.75 Å². The fraction of sp³-hybridized carbons (Fsp3) is 0.632. The first-order chi connectivity index (χ1) is 11.7. The van der Waals surface area contributed by atoms with Crippen LogP contribution >= 0.6 is 0 Å². The lowest BCUT2D eigenvalue weighted by molar-refractivity contribution is 0.0513. The Morgan fingerprint density at radius 1 is 1.21 bits per heavy atom. The van der Waals surface area contributed by atoms with Crippen LogP contribution in [0, 0.1) is 0 Å². The quantitative estimate of drug-likeness (QED) is 0.458. The van der Waals surface area contributed by atoms with Crippen molar-refractivity contribution in [2.45, 2.75) is 38.0 Å². The Hall–Kier alpha value is -1.75. The van der Waals surface area contributed by atoms with Crippen LogP contribution in [0.25, 0.3) is 0 Å². The summed E-state index contributed by atoms with van der Waals surface area (Å²) in [4.78, 5) is 4.34. The van der Waals surface area contributed by atoms with Gasteiger partial charge >= 0.3 is 0 Å². The van der Waals surface area contributed by atoms with Crippen molar-refractivity contribution in [1.82, 2.24) is 10.6 Å². The summed E-state index contributed by atoms with van der Waals surface area (Å²) < 4.78 is 10.9. The van der Waals surface area contributed by atoms with E-state index in [0.29, 0.717) is 0 Å². The Bertz CT molecular complexity index is 508. The largest absolute Gasteiger partial charge is 0.497 e. The number of nitrogens with one attached hydrogen (secondary N) is 2. The molecule has 0 unspecified atom stereocenters. The Labute approximate surface area is 145 Å². The van der Waals surface area contributed by atoms with Gasteiger partial charge in [-0.15, -0.1) is 0 Å². The topological polar surface area (TPSA) is 54.9 Å². The molecule has 134 valence electrons. The summed E-state index contributed by atoms with van der Waals surface area (Å²) in [6, 6.07) is 8.44. The third-order valence-electron chi connectivity index (χ3n) is 4.79. The second-order valence-electron chi connectivity index (χ2n) is 6.33. The SMILES string of the molecule is CCCCNC(=NC)NCC1(c2ccc(OC)cc2)CCOCC1. The summed E-state index contributed by atoms with van der Waals surface area (Å²) in [5.74, 6) is 1.77. The van der Waals surface area contributed by atoms with E-state index in [-0.39, 0.29) is 5.41 Å². The first-order valence-corrected chi connectivity index (χ1v) is 8.91. The van der Waals surface area contributed by atoms with Crippen LogP contribution in [0.5, 0.6) is 5.75 Å². The van der Waals surface area contributed by atoms with Gasteiger partial charge < -0.3 is 20.1 Å². The number of rotatable bonds is 7. The highest BCUT2D eigenvalue weighted by molar-refractivity contribution is 5.79. The fourth-order valence-electron chi connectivity index (χ4n) is 3.13. The first kappa shape index (κ1) is 18.6. The molecule has 1 heterocycles. The number of hydrogen-bond acceptors (Lipinski definition) is 3. The van der Waals surface area contributed by atoms with Crippen molar-refractivity contribution in [3.05, 3.63) is 29.8 Å². The zero-order valence-corrected chi connectivity index (χ0v) is 15.2. The average molecular weight is 333 g/mol. The van der Waals surface area contributed by atoms with Gasteiger partial charge in [0.1, 0.15) is 5.75 Å². The summed E-state index contributed by atoms with van der Waals surface area (Å²) in [5, 5.41) is 6.90. The molecule has 2 rings (SSSR count). The Balaban J connectivity index is 2.06. The minimum Gasteiger partial charge on any atom is -0.497 e. The molecular formula is C19H31N3O2. The van der Waals surface area contributed by atoms with E-state index in [1.807, 2.05) is 19.2 Å². The number of nitrogens with zero attached hydrogens (tertiary/aromatic N) is 1. The average Bonchev–Trinajstić information content (AvgIpc) is 2.65. The molecule has 5 heteroatoms. The highest BCUT2D eigenvalue weighted by Crippen LogP contribution is 2.35. The molecule has 24 heavy (non-hydrogen) atoms. The summed E-state index contributed by atoms with van der Waals surface area (Å²) in [7, 11) is 3.53. The van der Waals surface area contributed by atoms with E-state index in [1.54, 1.807) is 7.11 Å². The second kappa shape index (κ2) is 9.52. The molecule has 0 saturated carbocycles. The smallest absolute Gasteiger partial charge is 0.191 e. The predicted octanol–water partition coefficient (Wildman–Crippen LogP) is 2.71. The molecule has 1 aliphatic rings. The fourth-order valence-corrected chi connectivity index (χ4v) is 3.13. The van der Waals surface area contributed by atoms with Gasteiger partial charge in [0.25, 0.3) is 0 Å². The minimum atomic E-state index is 0.0763. The van der Waals surface area contributed by atoms with Gasteiger partial charge in [-0.1, -0.05) is 25.5 Å². The number of hydrogen-bond donors (Lipinski definition) is 2. The molecule has 0 amide bonds. The van der Waals surface area contributed by atoms with Gasteiger partial charge in [0, 0.05) is 38.8 Å². The lowest BCUT2D eigenvalue weighted by atomic mass is 9.74. The molecule has 0 bridgehead atoms. The maximum atomic E-state index is 5.61. The van der Waals surface area contributed by atoms with Crippen LogP contribution in [-0.2, 0) is 10.2 Å². The van der Waals surface area contributed by atoms with Crippen molar-refractivity contribution < 1.29 is 9.47 Å². The van der Waals surface area contributed by atoms with Gasteiger partial charge in [0.2, 0.25) is 0 Å². The van der Waals surface area contributed by atoms with Crippen LogP contribution in [0.1, 0.15) is 38.2 Å². The molecule has 0 radical (unpaired) electrons. The first-order valence-electron chi connectivity index (χ1n) is 8.91. The number of benzene rings is 1. The highest BCUT2D eigenvalue weighted by atomic mass is 16.5. The molecule has 0 spiro atoms. The number of unbranched alkanes of at least 4 members (excludes halogenated alkanes) is 1. The van der Waals surface area contributed by atoms with Crippen LogP contribution in [0.3, 0.4) is 0 Å². The molecule has 0 aliphatic carbocycles. The minimum absolute atomic E-state index is 0.0763. The van der Waals surface area contributed by atoms with Gasteiger partial charge in [-0.25, -0.2) is 0 Å². The zero-order chi connectivity index (χ0) is 17.3. The molecule has 2 N–H and O–H groups in total. The molecular weight excluding hydrogens is 302 g/mol. The number of aliphatic imine (C=N–C) groups is 1. The summed E-state index contributed by atoms with van der Waals surface area (Å²) in [6.07, 6.45) is 4.35. The van der Waals surface area contributed by atoms with Gasteiger partial charge in [-0.3, -0.25) is 4.99 Å². The number of guanidine groups is 1. The second-order valence-corrected chi connectivity index (χ2v) is 6.33. The van der Waals surface area contributed by atoms with Gasteiger partial charge in [-0.2, -0.15) is 0 Å². The van der Waals surface area contributed by atoms with Gasteiger partial charge in [0.05, 0.1) is 7.11 Å². The highest BCUT2D eigenvalue weighted by Gasteiger charge is 2.34. The number of ether oxygens (including phenoxy) is 2. The standard InChI is InChI=1S/C19H31N3O2/c1-4-5-12-21-18(20-2)22-15-19(10-13-24-14-11-19)16-6-8-17(23-3)9-7-16/h6-9H,4-5,10-15H2,1-3H3,(H2,20,21,22). The Kier molecular flexibility index (Phi) is 7.37. The third kappa shape index (κ3) is 4.87. The van der Waals surface area contributed by atoms with E-state index in [1.165, 1.54) is 12.0 Å². The maximum absolute atomic E-state index is 5.61. The molecule has 0 aromatic heterocycles. The lowest BCUT2D eigenvalue weighted by Gasteiger charge is -2.38. The summed E-state index contributed by atoms with van der Waals surface area (Å²) >= 11 is 0. The van der Waals surface area contributed by atoms with Crippen LogP contribution in [0.2, 0.25) is 0 Å². The van der Waals surface area contributed by atoms with E-state index in [4.69, 9.17) is 9.47 Å². The van der Waals surface area contributed by atoms with Crippen molar-refractivity contribution >= 4 is 5.96 Å². The van der Waals surface area contributed by atoms with E-state index in [2.05, 4.69) is 34.7 Å². The van der Waals surface area contributed by atoms with E-state index in [9.17, 15) is 0 Å². The Morgan fingerprint density at radius 2 is 1.92 bits per heavy atom. The normalized spacial score (nSPS) is 17.4. The van der Waals surface area contributed by atoms with Gasteiger partial charge in [-0.05, 0) is 37.0 Å². The zero-order valence-electron chi connectivity index (χ0n) is 15.2. The van der Waals surface area contributed by atoms with Crippen LogP contribution in [0.4, 0.5) is 0 Å². The van der Waals surface area contributed by atoms with Crippen LogP contribution in [-0.4, -0.2) is 46.4 Å². The van der Waals surface area contributed by atoms with E-state index >= 15 is 0 Å². The van der Waals surface area contributed by atoms with Crippen LogP contribution < -0.4 is 15.4 Å². The maximum Gasteiger partial charge on any atom is 0.191 e. The number of methoxy groups -OCH3 is 1. The third-order valence-corrected chi connectivity index (χ3v) is 4.79. The summed E-state index contributed by atoms with van der Waals surface area (Å²) in [5.41, 5.74) is 1.41. The van der Waals surface area contributed by atoms with Crippen molar-refractivity contribution in [2.75, 3.05) is 40.5 Å². The van der Waals surface area contributed by atoms with Crippen molar-refractivity contribution in [2.24, 2.45) is 4.99 Å². The molecule has 1 aromatic rings. The Morgan fingerprint density at radius 3 is 2.50 bits per heavy atom. The monoisotopic (exact) mass is 333 g/mol. The van der Waals surface area contributed by atoms with Gasteiger partial charge in [0.15, 0.2) is 5.96 Å². The molecule has 5 nitrogen and oxygen atoms in total. The molecule has 1 aliphatic heterocycles. The molecule has 1 saturated heterocycles. The molecule has 0 atom stereocenters. The molecule has 1 aromatic carbocycles. The van der Waals surface area contributed by atoms with E-state index in [0.717, 1.165) is 57.3 Å². The van der Waals surface area contributed by atoms with Crippen molar-refractivity contribution in [1.29, 1.82) is 0 Å². The van der Waals surface area contributed by atoms with Crippen LogP contribution in [0.15, 0.2) is 29.3 Å². The van der Waals surface area contributed by atoms with E-state index < -0.39 is 0 Å². The predicted molar refractivity (Wildman–Crippen MR) is 99.0 cm³/mol. The van der Waals surface area contributed by atoms with Crippen molar-refractivity contribution in [3.63, 3.8) is 0 Å². The molecule has 1 fully saturated rings. The lowest BCUT2D eigenvalue weighted by Crippen LogP contribution is -2.48. The summed E-state index contributed by atoms with van der Waals surface area (Å²) in [6.45, 7) is 5.60.